The third-order valence-electron chi connectivity index (χ3n) is 8.64. The molecule has 2 atom stereocenters. The van der Waals surface area contributed by atoms with Crippen molar-refractivity contribution >= 4 is 22.2 Å². The molecular formula is C39H45N3O4. The Labute approximate surface area is 273 Å². The number of benzene rings is 3. The molecule has 1 aliphatic carbocycles. The lowest BCUT2D eigenvalue weighted by Gasteiger charge is -2.38. The molecule has 0 amide bonds. The molecule has 1 saturated heterocycles. The molecule has 2 heterocycles. The smallest absolute Gasteiger partial charge is 0.197 e. The molecule has 2 unspecified atom stereocenters. The van der Waals surface area contributed by atoms with E-state index in [0.717, 1.165) is 60.9 Å². The van der Waals surface area contributed by atoms with Crippen molar-refractivity contribution in [2.75, 3.05) is 37.6 Å². The number of hydrogen-bond donors (Lipinski definition) is 0. The van der Waals surface area contributed by atoms with E-state index in [1.807, 2.05) is 86.7 Å². The summed E-state index contributed by atoms with van der Waals surface area (Å²) in [7, 11) is 0. The number of ether oxygens (including phenoxy) is 4. The lowest BCUT2D eigenvalue weighted by molar-refractivity contribution is -0.326. The monoisotopic (exact) mass is 619 g/mol. The van der Waals surface area contributed by atoms with Crippen LogP contribution in [0.5, 0.6) is 0 Å². The van der Waals surface area contributed by atoms with Crippen molar-refractivity contribution in [1.29, 1.82) is 0 Å². The number of anilines is 1. The molecule has 1 fully saturated rings. The number of rotatable bonds is 13. The number of pyridine rings is 1. The van der Waals surface area contributed by atoms with Gasteiger partial charge in [-0.15, -0.1) is 0 Å². The van der Waals surface area contributed by atoms with Gasteiger partial charge < -0.3 is 28.7 Å². The van der Waals surface area contributed by atoms with Gasteiger partial charge in [-0.3, -0.25) is 0 Å². The molecular weight excluding hydrogens is 574 g/mol. The van der Waals surface area contributed by atoms with Crippen molar-refractivity contribution in [1.82, 2.24) is 9.88 Å². The largest absolute Gasteiger partial charge is 0.354 e. The number of hydrogen-bond acceptors (Lipinski definition) is 7. The second kappa shape index (κ2) is 15.2. The summed E-state index contributed by atoms with van der Waals surface area (Å²) in [5.41, 5.74) is 4.12. The van der Waals surface area contributed by atoms with Gasteiger partial charge >= 0.3 is 0 Å². The first-order valence-corrected chi connectivity index (χ1v) is 16.4. The summed E-state index contributed by atoms with van der Waals surface area (Å²) >= 11 is 0. The Kier molecular flexibility index (Phi) is 10.6. The van der Waals surface area contributed by atoms with E-state index in [1.165, 1.54) is 10.8 Å². The van der Waals surface area contributed by atoms with Crippen LogP contribution in [-0.2, 0) is 32.2 Å². The highest BCUT2D eigenvalue weighted by atomic mass is 16.8. The van der Waals surface area contributed by atoms with Gasteiger partial charge in [0.1, 0.15) is 5.82 Å². The Morgan fingerprint density at radius 1 is 0.761 bits per heavy atom. The number of likely N-dealkylation sites (N-methyl/N-ethyl adjacent to an activating group) is 1. The number of allylic oxidation sites excluding steroid dienone is 2. The predicted molar refractivity (Wildman–Crippen MR) is 184 cm³/mol. The van der Waals surface area contributed by atoms with Gasteiger partial charge in [-0.25, -0.2) is 4.98 Å². The molecule has 3 aromatic carbocycles. The van der Waals surface area contributed by atoms with Crippen molar-refractivity contribution in [3.8, 4) is 0 Å². The van der Waals surface area contributed by atoms with Crippen LogP contribution in [0.15, 0.2) is 109 Å². The minimum Gasteiger partial charge on any atom is -0.354 e. The highest BCUT2D eigenvalue weighted by Crippen LogP contribution is 2.38. The molecule has 7 heteroatoms. The van der Waals surface area contributed by atoms with Crippen molar-refractivity contribution in [2.45, 2.75) is 58.8 Å². The molecule has 1 aliphatic heterocycles. The second-order valence-corrected chi connectivity index (χ2v) is 12.0. The molecule has 46 heavy (non-hydrogen) atoms. The minimum absolute atomic E-state index is 0.436. The predicted octanol–water partition coefficient (Wildman–Crippen LogP) is 7.58. The molecule has 1 aromatic heterocycles. The van der Waals surface area contributed by atoms with E-state index in [1.54, 1.807) is 0 Å². The van der Waals surface area contributed by atoms with E-state index in [2.05, 4.69) is 53.1 Å². The number of piperazine rings is 1. The summed E-state index contributed by atoms with van der Waals surface area (Å²) in [5.74, 6) is -0.0813. The van der Waals surface area contributed by atoms with Gasteiger partial charge in [0.2, 0.25) is 0 Å². The second-order valence-electron chi connectivity index (χ2n) is 12.0. The maximum atomic E-state index is 6.64. The first-order valence-electron chi connectivity index (χ1n) is 16.4. The average molecular weight is 620 g/mol. The summed E-state index contributed by atoms with van der Waals surface area (Å²) in [6, 6.07) is 30.9. The molecule has 0 saturated carbocycles. The first kappa shape index (κ1) is 32.1. The Balaban J connectivity index is 1.25. The first-order chi connectivity index (χ1) is 22.5. The Morgan fingerprint density at radius 2 is 1.35 bits per heavy atom. The van der Waals surface area contributed by atoms with Crippen molar-refractivity contribution in [3.05, 3.63) is 126 Å². The fourth-order valence-corrected chi connectivity index (χ4v) is 6.13. The number of fused-ring (bicyclic) bond motifs is 1. The summed E-state index contributed by atoms with van der Waals surface area (Å²) in [4.78, 5) is 10.2. The SMILES string of the molecule is CCN1CCN(c2nc(C3=CC=CC(OC(C)OCc4ccccc4)(OC(C)OCc4ccccc4)C3)cc3ccccc23)CC1. The third kappa shape index (κ3) is 8.10. The van der Waals surface area contributed by atoms with Crippen LogP contribution in [-0.4, -0.2) is 61.0 Å². The van der Waals surface area contributed by atoms with Gasteiger partial charge in [0.15, 0.2) is 18.4 Å². The van der Waals surface area contributed by atoms with Gasteiger partial charge in [0, 0.05) is 38.0 Å². The third-order valence-corrected chi connectivity index (χ3v) is 8.64. The Hall–Kier alpha value is -3.85. The van der Waals surface area contributed by atoms with Crippen molar-refractivity contribution in [2.24, 2.45) is 0 Å². The van der Waals surface area contributed by atoms with Gasteiger partial charge in [0.25, 0.3) is 0 Å². The van der Waals surface area contributed by atoms with E-state index in [-0.39, 0.29) is 0 Å². The average Bonchev–Trinajstić information content (AvgIpc) is 3.10. The van der Waals surface area contributed by atoms with Crippen LogP contribution in [0.3, 0.4) is 0 Å². The molecule has 0 radical (unpaired) electrons. The normalized spacial score (nSPS) is 20.1. The molecule has 240 valence electrons. The van der Waals surface area contributed by atoms with E-state index in [9.17, 15) is 0 Å². The lowest BCUT2D eigenvalue weighted by Crippen LogP contribution is -2.46. The quantitative estimate of drug-likeness (QED) is 0.143. The van der Waals surface area contributed by atoms with Crippen molar-refractivity contribution in [3.63, 3.8) is 0 Å². The summed E-state index contributed by atoms with van der Waals surface area (Å²) in [5, 5.41) is 2.34. The van der Waals surface area contributed by atoms with Crippen LogP contribution in [0.4, 0.5) is 5.82 Å². The zero-order chi connectivity index (χ0) is 31.8. The Bertz CT molecular complexity index is 1570. The topological polar surface area (TPSA) is 56.3 Å². The van der Waals surface area contributed by atoms with Gasteiger partial charge in [-0.2, -0.15) is 0 Å². The zero-order valence-electron chi connectivity index (χ0n) is 27.2. The fraction of sp³-hybridized carbons (Fsp3) is 0.359. The van der Waals surface area contributed by atoms with Crippen molar-refractivity contribution < 1.29 is 18.9 Å². The summed E-state index contributed by atoms with van der Waals surface area (Å²) in [6.45, 7) is 12.0. The van der Waals surface area contributed by atoms with Gasteiger partial charge in [0.05, 0.1) is 18.9 Å². The highest BCUT2D eigenvalue weighted by molar-refractivity contribution is 5.94. The molecule has 4 aromatic rings. The maximum Gasteiger partial charge on any atom is 0.197 e. The van der Waals surface area contributed by atoms with E-state index < -0.39 is 18.4 Å². The zero-order valence-corrected chi connectivity index (χ0v) is 27.2. The van der Waals surface area contributed by atoms with Crippen LogP contribution in [0.2, 0.25) is 0 Å². The minimum atomic E-state index is -1.11. The van der Waals surface area contributed by atoms with Gasteiger partial charge in [-0.05, 0) is 54.6 Å². The standard InChI is InChI=1S/C39H45N3O4/c1-4-41-22-24-42(25-23-41)38-36-20-12-11-18-34(36)26-37(40-38)35-19-13-21-39(27-35,45-30(2)43-28-32-14-7-5-8-15-32)46-31(3)44-29-33-16-9-6-10-17-33/h5-21,26,30-31H,4,22-25,27-29H2,1-3H3. The van der Waals surface area contributed by atoms with E-state index >= 15 is 0 Å². The highest BCUT2D eigenvalue weighted by Gasteiger charge is 2.37. The Morgan fingerprint density at radius 3 is 1.96 bits per heavy atom. The molecule has 7 nitrogen and oxygen atoms in total. The molecule has 0 spiro atoms. The summed E-state index contributed by atoms with van der Waals surface area (Å²) < 4.78 is 25.6. The van der Waals surface area contributed by atoms with Gasteiger partial charge in [-0.1, -0.05) is 104 Å². The van der Waals surface area contributed by atoms with Crippen LogP contribution in [0.1, 0.15) is 44.0 Å². The summed E-state index contributed by atoms with van der Waals surface area (Å²) in [6.07, 6.45) is 5.46. The van der Waals surface area contributed by atoms with Crippen LogP contribution in [0, 0.1) is 0 Å². The molecule has 0 N–H and O–H groups in total. The maximum absolute atomic E-state index is 6.64. The fourth-order valence-electron chi connectivity index (χ4n) is 6.13. The number of nitrogens with zero attached hydrogens (tertiary/aromatic N) is 3. The van der Waals surface area contributed by atoms with Crippen LogP contribution >= 0.6 is 0 Å². The van der Waals surface area contributed by atoms with Crippen LogP contribution < -0.4 is 4.90 Å². The van der Waals surface area contributed by atoms with E-state index in [4.69, 9.17) is 23.9 Å². The molecule has 2 aliphatic rings. The molecule has 6 rings (SSSR count). The van der Waals surface area contributed by atoms with Crippen LogP contribution in [0.25, 0.3) is 16.3 Å². The molecule has 0 bridgehead atoms. The lowest BCUT2D eigenvalue weighted by atomic mass is 9.95. The number of aromatic nitrogens is 1. The van der Waals surface area contributed by atoms with E-state index in [0.29, 0.717) is 19.6 Å².